The fourth-order valence-electron chi connectivity index (χ4n) is 2.02. The SMILES string of the molecule is CCCNc1nc(CC2CC2)nc(C(C)(C)C)c1Br. The molecule has 0 radical (unpaired) electrons. The maximum absolute atomic E-state index is 4.79. The molecule has 0 bridgehead atoms. The summed E-state index contributed by atoms with van der Waals surface area (Å²) >= 11 is 3.68. The molecule has 1 aliphatic rings. The molecule has 1 fully saturated rings. The molecule has 1 heterocycles. The van der Waals surface area contributed by atoms with E-state index in [1.807, 2.05) is 0 Å². The first-order chi connectivity index (χ1) is 8.91. The summed E-state index contributed by atoms with van der Waals surface area (Å²) in [6, 6.07) is 0. The standard InChI is InChI=1S/C15H24BrN3/c1-5-8-17-14-12(16)13(15(2,3)4)18-11(19-14)9-10-6-7-10/h10H,5-9H2,1-4H3,(H,17,18,19). The third-order valence-corrected chi connectivity index (χ3v) is 4.07. The van der Waals surface area contributed by atoms with Gasteiger partial charge < -0.3 is 5.32 Å². The van der Waals surface area contributed by atoms with E-state index in [2.05, 4.69) is 48.9 Å². The summed E-state index contributed by atoms with van der Waals surface area (Å²) in [6.45, 7) is 9.71. The fraction of sp³-hybridized carbons (Fsp3) is 0.733. The number of hydrogen-bond acceptors (Lipinski definition) is 3. The number of aromatic nitrogens is 2. The van der Waals surface area contributed by atoms with Crippen LogP contribution in [0.2, 0.25) is 0 Å². The van der Waals surface area contributed by atoms with Gasteiger partial charge in [-0.05, 0) is 41.1 Å². The average molecular weight is 326 g/mol. The maximum atomic E-state index is 4.79. The van der Waals surface area contributed by atoms with Gasteiger partial charge in [-0.3, -0.25) is 0 Å². The van der Waals surface area contributed by atoms with Gasteiger partial charge in [0, 0.05) is 18.4 Å². The monoisotopic (exact) mass is 325 g/mol. The van der Waals surface area contributed by atoms with E-state index in [0.717, 1.165) is 47.1 Å². The van der Waals surface area contributed by atoms with Crippen LogP contribution < -0.4 is 5.32 Å². The molecule has 106 valence electrons. The summed E-state index contributed by atoms with van der Waals surface area (Å²) in [6.07, 6.45) is 4.79. The van der Waals surface area contributed by atoms with E-state index in [1.165, 1.54) is 12.8 Å². The van der Waals surface area contributed by atoms with Crippen molar-refractivity contribution >= 4 is 21.7 Å². The molecular weight excluding hydrogens is 302 g/mol. The first-order valence-corrected chi connectivity index (χ1v) is 8.02. The molecule has 1 aromatic rings. The molecule has 0 saturated heterocycles. The second-order valence-electron chi connectivity index (χ2n) is 6.48. The molecule has 1 aromatic heterocycles. The van der Waals surface area contributed by atoms with Gasteiger partial charge in [0.1, 0.15) is 11.6 Å². The highest BCUT2D eigenvalue weighted by atomic mass is 79.9. The Hall–Kier alpha value is -0.640. The van der Waals surface area contributed by atoms with Gasteiger partial charge in [0.05, 0.1) is 10.2 Å². The van der Waals surface area contributed by atoms with Crippen LogP contribution in [0.3, 0.4) is 0 Å². The minimum absolute atomic E-state index is 0.0305. The third kappa shape index (κ3) is 3.91. The predicted octanol–water partition coefficient (Wildman–Crippen LogP) is 4.31. The van der Waals surface area contributed by atoms with Crippen molar-refractivity contribution in [3.63, 3.8) is 0 Å². The summed E-state index contributed by atoms with van der Waals surface area (Å²) in [5.41, 5.74) is 1.14. The Labute approximate surface area is 124 Å². The van der Waals surface area contributed by atoms with E-state index in [0.29, 0.717) is 0 Å². The molecule has 0 atom stereocenters. The minimum Gasteiger partial charge on any atom is -0.369 e. The second-order valence-corrected chi connectivity index (χ2v) is 7.27. The Kier molecular flexibility index (Phi) is 4.49. The molecule has 0 spiro atoms. The van der Waals surface area contributed by atoms with E-state index < -0.39 is 0 Å². The lowest BCUT2D eigenvalue weighted by molar-refractivity contribution is 0.556. The smallest absolute Gasteiger partial charge is 0.144 e. The van der Waals surface area contributed by atoms with Crippen molar-refractivity contribution in [1.82, 2.24) is 9.97 Å². The van der Waals surface area contributed by atoms with Crippen LogP contribution >= 0.6 is 15.9 Å². The minimum atomic E-state index is 0.0305. The number of nitrogens with one attached hydrogen (secondary N) is 1. The molecule has 4 heteroatoms. The lowest BCUT2D eigenvalue weighted by Gasteiger charge is -2.22. The molecule has 1 aliphatic carbocycles. The summed E-state index contributed by atoms with van der Waals surface area (Å²) in [7, 11) is 0. The highest BCUT2D eigenvalue weighted by Gasteiger charge is 2.27. The van der Waals surface area contributed by atoms with Crippen LogP contribution in [0.4, 0.5) is 5.82 Å². The van der Waals surface area contributed by atoms with Crippen molar-refractivity contribution in [2.45, 2.75) is 58.8 Å². The molecule has 19 heavy (non-hydrogen) atoms. The van der Waals surface area contributed by atoms with Crippen molar-refractivity contribution in [3.8, 4) is 0 Å². The van der Waals surface area contributed by atoms with Crippen molar-refractivity contribution in [3.05, 3.63) is 16.0 Å². The topological polar surface area (TPSA) is 37.8 Å². The van der Waals surface area contributed by atoms with Crippen LogP contribution in [-0.4, -0.2) is 16.5 Å². The zero-order valence-electron chi connectivity index (χ0n) is 12.4. The predicted molar refractivity (Wildman–Crippen MR) is 83.6 cm³/mol. The Morgan fingerprint density at radius 3 is 2.47 bits per heavy atom. The third-order valence-electron chi connectivity index (χ3n) is 3.32. The van der Waals surface area contributed by atoms with Crippen molar-refractivity contribution in [1.29, 1.82) is 0 Å². The van der Waals surface area contributed by atoms with Gasteiger partial charge in [0.15, 0.2) is 0 Å². The highest BCUT2D eigenvalue weighted by molar-refractivity contribution is 9.10. The number of rotatable bonds is 5. The summed E-state index contributed by atoms with van der Waals surface area (Å²) in [4.78, 5) is 9.49. The largest absolute Gasteiger partial charge is 0.369 e. The van der Waals surface area contributed by atoms with Crippen molar-refractivity contribution < 1.29 is 0 Å². The zero-order valence-corrected chi connectivity index (χ0v) is 14.0. The Balaban J connectivity index is 2.34. The lowest BCUT2D eigenvalue weighted by atomic mass is 9.91. The van der Waals surface area contributed by atoms with E-state index in [4.69, 9.17) is 9.97 Å². The van der Waals surface area contributed by atoms with Gasteiger partial charge in [0.25, 0.3) is 0 Å². The van der Waals surface area contributed by atoms with Crippen LogP contribution in [0.5, 0.6) is 0 Å². The molecular formula is C15H24BrN3. The highest BCUT2D eigenvalue weighted by Crippen LogP contribution is 2.35. The Bertz CT molecular complexity index is 447. The molecule has 1 N–H and O–H groups in total. The number of halogens is 1. The van der Waals surface area contributed by atoms with Gasteiger partial charge in [-0.1, -0.05) is 27.7 Å². The first-order valence-electron chi connectivity index (χ1n) is 7.22. The normalized spacial score (nSPS) is 15.6. The van der Waals surface area contributed by atoms with Gasteiger partial charge in [-0.15, -0.1) is 0 Å². The van der Waals surface area contributed by atoms with Gasteiger partial charge in [-0.2, -0.15) is 0 Å². The maximum Gasteiger partial charge on any atom is 0.144 e. The summed E-state index contributed by atoms with van der Waals surface area (Å²) < 4.78 is 1.02. The van der Waals surface area contributed by atoms with Crippen LogP contribution in [0.15, 0.2) is 4.47 Å². The summed E-state index contributed by atoms with van der Waals surface area (Å²) in [5.74, 6) is 2.76. The molecule has 2 rings (SSSR count). The molecule has 0 unspecified atom stereocenters. The van der Waals surface area contributed by atoms with Crippen LogP contribution in [0.25, 0.3) is 0 Å². The van der Waals surface area contributed by atoms with Gasteiger partial charge in [-0.25, -0.2) is 9.97 Å². The average Bonchev–Trinajstić information content (AvgIpc) is 3.12. The van der Waals surface area contributed by atoms with Gasteiger partial charge in [0.2, 0.25) is 0 Å². The second kappa shape index (κ2) is 5.78. The molecule has 1 saturated carbocycles. The lowest BCUT2D eigenvalue weighted by Crippen LogP contribution is -2.19. The number of anilines is 1. The van der Waals surface area contributed by atoms with E-state index in [9.17, 15) is 0 Å². The summed E-state index contributed by atoms with van der Waals surface area (Å²) in [5, 5.41) is 3.41. The van der Waals surface area contributed by atoms with Crippen molar-refractivity contribution in [2.24, 2.45) is 5.92 Å². The molecule has 3 nitrogen and oxygen atoms in total. The van der Waals surface area contributed by atoms with E-state index in [-0.39, 0.29) is 5.41 Å². The number of nitrogens with zero attached hydrogens (tertiary/aromatic N) is 2. The molecule has 0 aromatic carbocycles. The van der Waals surface area contributed by atoms with Crippen LogP contribution in [0.1, 0.15) is 58.5 Å². The van der Waals surface area contributed by atoms with Crippen molar-refractivity contribution in [2.75, 3.05) is 11.9 Å². The van der Waals surface area contributed by atoms with E-state index in [1.54, 1.807) is 0 Å². The molecule has 0 aliphatic heterocycles. The molecule has 0 amide bonds. The zero-order chi connectivity index (χ0) is 14.0. The van der Waals surface area contributed by atoms with Crippen LogP contribution in [0, 0.1) is 5.92 Å². The number of hydrogen-bond donors (Lipinski definition) is 1. The Morgan fingerprint density at radius 2 is 1.95 bits per heavy atom. The first kappa shape index (κ1) is 14.8. The van der Waals surface area contributed by atoms with Gasteiger partial charge >= 0.3 is 0 Å². The fourth-order valence-corrected chi connectivity index (χ4v) is 2.93. The Morgan fingerprint density at radius 1 is 1.26 bits per heavy atom. The van der Waals surface area contributed by atoms with Crippen LogP contribution in [-0.2, 0) is 11.8 Å². The van der Waals surface area contributed by atoms with E-state index >= 15 is 0 Å². The quantitative estimate of drug-likeness (QED) is 0.876.